The summed E-state index contributed by atoms with van der Waals surface area (Å²) in [5.74, 6) is -0.237. The van der Waals surface area contributed by atoms with Crippen LogP contribution in [0.4, 0.5) is 0 Å². The lowest BCUT2D eigenvalue weighted by Crippen LogP contribution is -2.66. The summed E-state index contributed by atoms with van der Waals surface area (Å²) in [6, 6.07) is -0.888. The number of hydrogen-bond acceptors (Lipinski definition) is 18. The van der Waals surface area contributed by atoms with Gasteiger partial charge in [-0.05, 0) is 57.8 Å². The fourth-order valence-electron chi connectivity index (χ4n) is 14.3. The Hall–Kier alpha value is -2.51. The van der Waals surface area contributed by atoms with E-state index in [1.54, 1.807) is 0 Å². The van der Waals surface area contributed by atoms with Crippen molar-refractivity contribution in [1.82, 2.24) is 5.32 Å². The Kier molecular flexibility index (Phi) is 60.0. The second kappa shape index (κ2) is 65.2. The van der Waals surface area contributed by atoms with Crippen LogP contribution >= 0.6 is 0 Å². The topological polar surface area (TPSA) is 307 Å². The smallest absolute Gasteiger partial charge is 0.220 e. The summed E-state index contributed by atoms with van der Waals surface area (Å²) in [6.45, 7) is 1.74. The number of nitrogens with one attached hydrogen (secondary N) is 1. The van der Waals surface area contributed by atoms with E-state index in [2.05, 4.69) is 79.9 Å². The molecule has 1 amide bonds. The fraction of sp³-hybridized carbons (Fsp3) is 0.871. The van der Waals surface area contributed by atoms with E-state index in [-0.39, 0.29) is 18.9 Å². The largest absolute Gasteiger partial charge is 0.394 e. The molecule has 0 bridgehead atoms. The Morgan fingerprint density at radius 1 is 0.356 bits per heavy atom. The number of carbonyl (C=O) groups is 1. The summed E-state index contributed by atoms with van der Waals surface area (Å²) in [6.07, 6.45) is 57.5. The van der Waals surface area contributed by atoms with Crippen LogP contribution in [0.5, 0.6) is 0 Å². The van der Waals surface area contributed by atoms with Crippen LogP contribution < -0.4 is 5.32 Å². The summed E-state index contributed by atoms with van der Waals surface area (Å²) in [5.41, 5.74) is 0. The third kappa shape index (κ3) is 44.4. The summed E-state index contributed by atoms with van der Waals surface area (Å²) < 4.78 is 34.6. The predicted octanol–water partition coefficient (Wildman–Crippen LogP) is 15.0. The molecular weight excluding hydrogens is 1320 g/mol. The van der Waals surface area contributed by atoms with Crippen molar-refractivity contribution in [3.8, 4) is 0 Å². The molecule has 19 nitrogen and oxygen atoms in total. The highest BCUT2D eigenvalue weighted by molar-refractivity contribution is 5.76. The van der Waals surface area contributed by atoms with Crippen molar-refractivity contribution in [2.75, 3.05) is 26.4 Å². The van der Waals surface area contributed by atoms with Gasteiger partial charge in [-0.15, -0.1) is 0 Å². The minimum Gasteiger partial charge on any atom is -0.394 e. The first-order valence-electron chi connectivity index (χ1n) is 42.5. The third-order valence-corrected chi connectivity index (χ3v) is 21.1. The maximum Gasteiger partial charge on any atom is 0.220 e. The lowest BCUT2D eigenvalue weighted by Gasteiger charge is -2.48. The molecule has 12 N–H and O–H groups in total. The molecule has 17 atom stereocenters. The van der Waals surface area contributed by atoms with Crippen molar-refractivity contribution in [1.29, 1.82) is 0 Å². The molecular formula is C85H155NO18. The Morgan fingerprint density at radius 2 is 0.663 bits per heavy atom. The number of rotatable bonds is 68. The molecule has 0 aliphatic carbocycles. The van der Waals surface area contributed by atoms with E-state index >= 15 is 0 Å². The summed E-state index contributed by atoms with van der Waals surface area (Å²) in [4.78, 5) is 13.5. The average Bonchev–Trinajstić information content (AvgIpc) is 0.783. The Bertz CT molecular complexity index is 2110. The van der Waals surface area contributed by atoms with E-state index in [0.29, 0.717) is 12.8 Å². The zero-order valence-corrected chi connectivity index (χ0v) is 65.3. The van der Waals surface area contributed by atoms with Crippen molar-refractivity contribution in [2.45, 2.75) is 446 Å². The first kappa shape index (κ1) is 95.7. The van der Waals surface area contributed by atoms with Crippen molar-refractivity contribution in [3.63, 3.8) is 0 Å². The Labute approximate surface area is 630 Å². The second-order valence-electron chi connectivity index (χ2n) is 30.3. The molecule has 19 heteroatoms. The number of aliphatic hydroxyl groups is 11. The molecule has 3 aliphatic heterocycles. The molecule has 0 aromatic rings. The molecule has 17 unspecified atom stereocenters. The predicted molar refractivity (Wildman–Crippen MR) is 415 cm³/mol. The quantitative estimate of drug-likeness (QED) is 0.0199. The van der Waals surface area contributed by atoms with Crippen LogP contribution in [0.1, 0.15) is 341 Å². The lowest BCUT2D eigenvalue weighted by atomic mass is 9.96. The molecule has 3 heterocycles. The summed E-state index contributed by atoms with van der Waals surface area (Å²) in [5, 5.41) is 121. The maximum atomic E-state index is 13.5. The van der Waals surface area contributed by atoms with Gasteiger partial charge in [-0.2, -0.15) is 0 Å². The van der Waals surface area contributed by atoms with E-state index in [0.717, 1.165) is 77.0 Å². The molecule has 608 valence electrons. The monoisotopic (exact) mass is 1480 g/mol. The molecule has 3 rings (SSSR count). The number of amides is 1. The van der Waals surface area contributed by atoms with E-state index < -0.39 is 124 Å². The van der Waals surface area contributed by atoms with Gasteiger partial charge in [-0.3, -0.25) is 4.79 Å². The average molecular weight is 1480 g/mol. The Morgan fingerprint density at radius 3 is 1.04 bits per heavy atom. The van der Waals surface area contributed by atoms with Gasteiger partial charge in [0, 0.05) is 6.42 Å². The minimum atomic E-state index is -1.97. The fourth-order valence-corrected chi connectivity index (χ4v) is 14.3. The van der Waals surface area contributed by atoms with Crippen LogP contribution in [0, 0.1) is 0 Å². The van der Waals surface area contributed by atoms with Crippen molar-refractivity contribution >= 4 is 5.91 Å². The first-order valence-corrected chi connectivity index (χ1v) is 42.5. The zero-order valence-electron chi connectivity index (χ0n) is 65.3. The van der Waals surface area contributed by atoms with Crippen LogP contribution in [0.15, 0.2) is 60.8 Å². The van der Waals surface area contributed by atoms with Crippen LogP contribution in [-0.2, 0) is 33.2 Å². The molecule has 0 saturated carbocycles. The minimum absolute atomic E-state index is 0.237. The summed E-state index contributed by atoms with van der Waals surface area (Å²) >= 11 is 0. The first-order chi connectivity index (χ1) is 50.8. The van der Waals surface area contributed by atoms with Crippen molar-refractivity contribution < 1.29 is 89.4 Å². The van der Waals surface area contributed by atoms with Crippen LogP contribution in [-0.4, -0.2) is 193 Å². The van der Waals surface area contributed by atoms with Gasteiger partial charge in [-0.25, -0.2) is 0 Å². The standard InChI is InChI=1S/C85H155NO18/c1-3-5-7-9-11-13-15-17-19-21-23-25-27-28-29-30-31-32-33-34-35-36-37-38-39-40-41-43-45-47-49-51-53-55-57-59-61-63-73(91)86-68(69(90)62-60-58-56-54-52-50-48-46-44-42-26-24-22-20-18-16-14-12-10-8-6-4-2)67-99-83-79(97)76(94)81(71(65-88)101-83)104-85-80(98)77(95)82(72(66-89)102-85)103-84-78(96)75(93)74(92)70(64-87)100-84/h5,7,11,13,17,19,23,25,28-29,68-72,74-85,87-90,92-98H,3-4,6,8-10,12,14-16,18,20-22,24,26-27,30-67H2,1-2H3,(H,86,91)/b7-5-,13-11-,19-17-,25-23-,29-28-. The molecule has 0 spiro atoms. The summed E-state index contributed by atoms with van der Waals surface area (Å²) in [7, 11) is 0. The molecule has 3 aliphatic rings. The lowest BCUT2D eigenvalue weighted by molar-refractivity contribution is -0.379. The van der Waals surface area contributed by atoms with E-state index in [1.807, 2.05) is 0 Å². The highest BCUT2D eigenvalue weighted by atomic mass is 16.8. The number of aliphatic hydroxyl groups excluding tert-OH is 11. The van der Waals surface area contributed by atoms with Crippen LogP contribution in [0.2, 0.25) is 0 Å². The molecule has 0 aromatic heterocycles. The van der Waals surface area contributed by atoms with Gasteiger partial charge in [0.25, 0.3) is 0 Å². The Balaban J connectivity index is 1.32. The number of carbonyl (C=O) groups excluding carboxylic acids is 1. The third-order valence-electron chi connectivity index (χ3n) is 21.1. The number of hydrogen-bond donors (Lipinski definition) is 12. The van der Waals surface area contributed by atoms with Crippen LogP contribution in [0.3, 0.4) is 0 Å². The maximum absolute atomic E-state index is 13.5. The van der Waals surface area contributed by atoms with Gasteiger partial charge < -0.3 is 89.9 Å². The van der Waals surface area contributed by atoms with Gasteiger partial charge in [0.05, 0.1) is 38.6 Å². The molecule has 3 saturated heterocycles. The number of ether oxygens (including phenoxy) is 6. The SMILES string of the molecule is CC/C=C\C/C=C\C/C=C\C/C=C\C/C=C\CCCCCCCCCCCCCCCCCCCCCCCC(=O)NC(COC1OC(CO)C(OC2OC(CO)C(OC3OC(CO)C(O)C(O)C3O)C(O)C2O)C(O)C1O)C(O)CCCCCCCCCCCCCCCCCCCCCCCC. The van der Waals surface area contributed by atoms with Gasteiger partial charge in [0.1, 0.15) is 73.2 Å². The van der Waals surface area contributed by atoms with E-state index in [4.69, 9.17) is 28.4 Å². The highest BCUT2D eigenvalue weighted by Crippen LogP contribution is 2.33. The molecule has 104 heavy (non-hydrogen) atoms. The van der Waals surface area contributed by atoms with E-state index in [9.17, 15) is 61.0 Å². The van der Waals surface area contributed by atoms with Gasteiger partial charge in [0.2, 0.25) is 5.91 Å². The van der Waals surface area contributed by atoms with Crippen LogP contribution in [0.25, 0.3) is 0 Å². The van der Waals surface area contributed by atoms with Gasteiger partial charge >= 0.3 is 0 Å². The molecule has 0 radical (unpaired) electrons. The van der Waals surface area contributed by atoms with Gasteiger partial charge in [0.15, 0.2) is 18.9 Å². The molecule has 3 fully saturated rings. The van der Waals surface area contributed by atoms with E-state index in [1.165, 1.54) is 231 Å². The highest BCUT2D eigenvalue weighted by Gasteiger charge is 2.54. The zero-order chi connectivity index (χ0) is 75.3. The normalized spacial score (nSPS) is 26.2. The van der Waals surface area contributed by atoms with Crippen molar-refractivity contribution in [2.24, 2.45) is 0 Å². The number of unbranched alkanes of at least 4 members (excludes halogenated alkanes) is 42. The second-order valence-corrected chi connectivity index (χ2v) is 30.3. The number of allylic oxidation sites excluding steroid dienone is 10. The van der Waals surface area contributed by atoms with Gasteiger partial charge in [-0.1, -0.05) is 338 Å². The molecule has 0 aromatic carbocycles. The van der Waals surface area contributed by atoms with Crippen molar-refractivity contribution in [3.05, 3.63) is 60.8 Å².